The Hall–Kier alpha value is -3.39. The van der Waals surface area contributed by atoms with Gasteiger partial charge in [-0.2, -0.15) is 0 Å². The smallest absolute Gasteiger partial charge is 0.306 e. The maximum atomic E-state index is 12.2. The minimum Gasteiger partial charge on any atom is -0.490 e. The highest BCUT2D eigenvalue weighted by molar-refractivity contribution is 7.17. The first-order chi connectivity index (χ1) is 20.4. The van der Waals surface area contributed by atoms with Crippen LogP contribution in [0.5, 0.6) is 11.5 Å². The molecule has 0 amide bonds. The fraction of sp³-hybridized carbons (Fsp3) is 0.400. The maximum Gasteiger partial charge on any atom is 0.306 e. The van der Waals surface area contributed by atoms with Gasteiger partial charge in [0.05, 0.1) is 32.3 Å². The summed E-state index contributed by atoms with van der Waals surface area (Å²) < 4.78 is 24.3. The Bertz CT molecular complexity index is 1530. The third kappa shape index (κ3) is 6.19. The first-order valence-electron chi connectivity index (χ1n) is 14.8. The molecule has 7 heteroatoms. The molecule has 1 aliphatic heterocycles. The van der Waals surface area contributed by atoms with E-state index in [4.69, 9.17) is 18.9 Å². The van der Waals surface area contributed by atoms with E-state index in [9.17, 15) is 9.90 Å². The highest BCUT2D eigenvalue weighted by atomic mass is 32.1. The molecule has 1 saturated carbocycles. The topological polar surface area (TPSA) is 74.2 Å². The molecule has 6 rings (SSSR count). The molecule has 3 aromatic carbocycles. The Balaban J connectivity index is 1.14. The zero-order chi connectivity index (χ0) is 29.1. The van der Waals surface area contributed by atoms with Gasteiger partial charge in [-0.3, -0.25) is 4.79 Å². The Morgan fingerprint density at radius 2 is 1.76 bits per heavy atom. The van der Waals surface area contributed by atoms with Crippen molar-refractivity contribution in [1.29, 1.82) is 0 Å². The second kappa shape index (κ2) is 12.5. The SMILES string of the molecule is CCOC(=O)CC1(c2ccc(OCc3ccc4scc(-c5ccc(OC6CCOCC6)cc5C)c4c3)cc2)CC(O)C1. The third-order valence-electron chi connectivity index (χ3n) is 8.51. The summed E-state index contributed by atoms with van der Waals surface area (Å²) in [5.74, 6) is 1.47. The highest BCUT2D eigenvalue weighted by Crippen LogP contribution is 2.47. The summed E-state index contributed by atoms with van der Waals surface area (Å²) in [4.78, 5) is 12.2. The molecule has 0 spiro atoms. The second-order valence-electron chi connectivity index (χ2n) is 11.5. The molecular formula is C35H38O6S. The quantitative estimate of drug-likeness (QED) is 0.196. The number of aliphatic hydroxyl groups excluding tert-OH is 1. The van der Waals surface area contributed by atoms with Crippen molar-refractivity contribution in [3.8, 4) is 22.6 Å². The highest BCUT2D eigenvalue weighted by Gasteiger charge is 2.46. The van der Waals surface area contributed by atoms with Crippen LogP contribution in [0.1, 0.15) is 55.7 Å². The van der Waals surface area contributed by atoms with E-state index in [-0.39, 0.29) is 30.0 Å². The molecule has 1 aromatic heterocycles. The molecule has 2 aliphatic rings. The number of hydrogen-bond donors (Lipinski definition) is 1. The molecule has 42 heavy (non-hydrogen) atoms. The van der Waals surface area contributed by atoms with Crippen molar-refractivity contribution in [2.75, 3.05) is 19.8 Å². The van der Waals surface area contributed by atoms with Crippen LogP contribution >= 0.6 is 11.3 Å². The molecule has 1 saturated heterocycles. The summed E-state index contributed by atoms with van der Waals surface area (Å²) in [6.07, 6.45) is 3.14. The van der Waals surface area contributed by atoms with Gasteiger partial charge in [0.25, 0.3) is 0 Å². The van der Waals surface area contributed by atoms with Gasteiger partial charge < -0.3 is 24.1 Å². The maximum absolute atomic E-state index is 12.2. The molecule has 0 bridgehead atoms. The van der Waals surface area contributed by atoms with Gasteiger partial charge in [-0.25, -0.2) is 0 Å². The Morgan fingerprint density at radius 3 is 2.48 bits per heavy atom. The van der Waals surface area contributed by atoms with Crippen molar-refractivity contribution < 1.29 is 28.8 Å². The van der Waals surface area contributed by atoms with Crippen molar-refractivity contribution in [2.45, 2.75) is 70.2 Å². The lowest BCUT2D eigenvalue weighted by molar-refractivity contribution is -0.147. The summed E-state index contributed by atoms with van der Waals surface area (Å²) in [6.45, 7) is 6.31. The molecule has 1 N–H and O–H groups in total. The van der Waals surface area contributed by atoms with Gasteiger partial charge in [-0.1, -0.05) is 24.3 Å². The number of esters is 1. The van der Waals surface area contributed by atoms with Crippen molar-refractivity contribution >= 4 is 27.4 Å². The largest absolute Gasteiger partial charge is 0.490 e. The van der Waals surface area contributed by atoms with Gasteiger partial charge in [0.15, 0.2) is 0 Å². The van der Waals surface area contributed by atoms with Gasteiger partial charge in [-0.15, -0.1) is 11.3 Å². The van der Waals surface area contributed by atoms with Gasteiger partial charge in [-0.05, 0) is 90.7 Å². The number of rotatable bonds is 10. The predicted octanol–water partition coefficient (Wildman–Crippen LogP) is 7.36. The van der Waals surface area contributed by atoms with E-state index in [0.717, 1.165) is 48.7 Å². The minimum atomic E-state index is -0.376. The van der Waals surface area contributed by atoms with E-state index in [2.05, 4.69) is 48.7 Å². The minimum absolute atomic E-state index is 0.220. The van der Waals surface area contributed by atoms with E-state index in [0.29, 0.717) is 26.1 Å². The van der Waals surface area contributed by atoms with Crippen LogP contribution < -0.4 is 9.47 Å². The summed E-state index contributed by atoms with van der Waals surface area (Å²) >= 11 is 1.76. The van der Waals surface area contributed by atoms with Crippen molar-refractivity contribution in [1.82, 2.24) is 0 Å². The van der Waals surface area contributed by atoms with Crippen LogP contribution in [-0.2, 0) is 26.3 Å². The van der Waals surface area contributed by atoms with Crippen molar-refractivity contribution in [3.63, 3.8) is 0 Å². The van der Waals surface area contributed by atoms with Crippen LogP contribution in [0.3, 0.4) is 0 Å². The fourth-order valence-electron chi connectivity index (χ4n) is 6.26. The normalized spacial score (nSPS) is 20.7. The number of aryl methyl sites for hydroxylation is 1. The van der Waals surface area contributed by atoms with Crippen LogP contribution in [-0.4, -0.2) is 43.1 Å². The fourth-order valence-corrected chi connectivity index (χ4v) is 7.20. The average Bonchev–Trinajstić information content (AvgIpc) is 3.39. The summed E-state index contributed by atoms with van der Waals surface area (Å²) in [5, 5.41) is 13.5. The van der Waals surface area contributed by atoms with E-state index in [1.165, 1.54) is 26.8 Å². The summed E-state index contributed by atoms with van der Waals surface area (Å²) in [7, 11) is 0. The lowest BCUT2D eigenvalue weighted by atomic mass is 9.61. The molecular weight excluding hydrogens is 548 g/mol. The molecule has 6 nitrogen and oxygen atoms in total. The van der Waals surface area contributed by atoms with E-state index >= 15 is 0 Å². The number of fused-ring (bicyclic) bond motifs is 1. The van der Waals surface area contributed by atoms with E-state index < -0.39 is 0 Å². The zero-order valence-corrected chi connectivity index (χ0v) is 25.1. The third-order valence-corrected chi connectivity index (χ3v) is 9.47. The van der Waals surface area contributed by atoms with E-state index in [1.807, 2.05) is 31.2 Å². The summed E-state index contributed by atoms with van der Waals surface area (Å²) in [5.41, 5.74) is 5.41. The van der Waals surface area contributed by atoms with Crippen LogP contribution in [0.15, 0.2) is 66.0 Å². The Morgan fingerprint density at radius 1 is 1.00 bits per heavy atom. The standard InChI is InChI=1S/C35H38O6S/c1-3-39-34(37)20-35(18-26(36)19-35)25-5-7-27(8-6-25)40-21-24-4-11-33-31(17-24)32(22-42-33)30-10-9-29(16-23(30)2)41-28-12-14-38-15-13-28/h4-11,16-17,22,26,28,36H,3,12-15,18-21H2,1-2H3. The Kier molecular flexibility index (Phi) is 8.52. The van der Waals surface area contributed by atoms with Crippen LogP contribution in [0.2, 0.25) is 0 Å². The molecule has 220 valence electrons. The zero-order valence-electron chi connectivity index (χ0n) is 24.3. The van der Waals surface area contributed by atoms with Crippen LogP contribution in [0, 0.1) is 6.92 Å². The number of aliphatic hydroxyl groups is 1. The number of carbonyl (C=O) groups excluding carboxylic acids is 1. The van der Waals surface area contributed by atoms with Crippen molar-refractivity contribution in [3.05, 3.63) is 82.7 Å². The lowest BCUT2D eigenvalue weighted by Crippen LogP contribution is -2.46. The van der Waals surface area contributed by atoms with Crippen LogP contribution in [0.4, 0.5) is 0 Å². The molecule has 0 atom stereocenters. The first-order valence-corrected chi connectivity index (χ1v) is 15.7. The van der Waals surface area contributed by atoms with Gasteiger partial charge in [0.1, 0.15) is 24.2 Å². The van der Waals surface area contributed by atoms with Gasteiger partial charge >= 0.3 is 5.97 Å². The molecule has 2 fully saturated rings. The van der Waals surface area contributed by atoms with Crippen LogP contribution in [0.25, 0.3) is 21.2 Å². The average molecular weight is 587 g/mol. The Labute approximate surface area is 251 Å². The number of benzene rings is 3. The molecule has 2 heterocycles. The molecule has 0 unspecified atom stereocenters. The first kappa shape index (κ1) is 28.7. The van der Waals surface area contributed by atoms with E-state index in [1.54, 1.807) is 11.3 Å². The molecule has 4 aromatic rings. The monoisotopic (exact) mass is 586 g/mol. The van der Waals surface area contributed by atoms with Gasteiger partial charge in [0.2, 0.25) is 0 Å². The van der Waals surface area contributed by atoms with Gasteiger partial charge in [0, 0.05) is 33.9 Å². The number of hydrogen-bond acceptors (Lipinski definition) is 7. The molecule has 0 radical (unpaired) electrons. The number of carbonyl (C=O) groups is 1. The molecule has 1 aliphatic carbocycles. The second-order valence-corrected chi connectivity index (χ2v) is 12.4. The number of thiophene rings is 1. The lowest BCUT2D eigenvalue weighted by Gasteiger charge is -2.45. The van der Waals surface area contributed by atoms with Crippen molar-refractivity contribution in [2.24, 2.45) is 0 Å². The summed E-state index contributed by atoms with van der Waals surface area (Å²) in [6, 6.07) is 20.9. The number of ether oxygens (including phenoxy) is 4. The predicted molar refractivity (Wildman–Crippen MR) is 165 cm³/mol.